The predicted molar refractivity (Wildman–Crippen MR) is 114 cm³/mol. The standard InChI is InChI=1S/C26H24O4/c1-29-30-26-22(20-14-12-16-8-4-2-6-10-18(16)20)24(27)25(28)23(26)21-15-13-17-9-5-3-7-11-19(17)21/h2,4,6,8,10,12-15,17,19H,3,5,7,9,11H2,1H3/b23-21-. The van der Waals surface area contributed by atoms with Crippen molar-refractivity contribution in [3.63, 3.8) is 0 Å². The van der Waals surface area contributed by atoms with Crippen LogP contribution in [0.2, 0.25) is 0 Å². The first kappa shape index (κ1) is 19.0. The molecular weight excluding hydrogens is 376 g/mol. The number of hydrogen-bond acceptors (Lipinski definition) is 4. The maximum Gasteiger partial charge on any atom is 0.238 e. The molecule has 2 atom stereocenters. The minimum absolute atomic E-state index is 0.260. The molecule has 5 aliphatic rings. The number of Topliss-reactive ketones (excluding diaryl/α,β-unsaturated/α-hetero) is 2. The van der Waals surface area contributed by atoms with Crippen LogP contribution in [0.4, 0.5) is 0 Å². The molecule has 0 saturated heterocycles. The first-order chi connectivity index (χ1) is 14.7. The summed E-state index contributed by atoms with van der Waals surface area (Å²) in [6, 6.07) is 13.6. The third-order valence-electron chi connectivity index (χ3n) is 6.62. The number of allylic oxidation sites excluding steroid dienone is 5. The van der Waals surface area contributed by atoms with Crippen LogP contribution in [0.1, 0.15) is 37.7 Å². The maximum atomic E-state index is 13.2. The van der Waals surface area contributed by atoms with E-state index < -0.39 is 11.6 Å². The van der Waals surface area contributed by atoms with E-state index in [1.54, 1.807) is 0 Å². The van der Waals surface area contributed by atoms with Gasteiger partial charge in [0, 0.05) is 0 Å². The highest BCUT2D eigenvalue weighted by Crippen LogP contribution is 2.47. The zero-order valence-electron chi connectivity index (χ0n) is 17.0. The van der Waals surface area contributed by atoms with Crippen molar-refractivity contribution in [3.8, 4) is 11.1 Å². The molecule has 4 nitrogen and oxygen atoms in total. The van der Waals surface area contributed by atoms with Crippen LogP contribution in [0.15, 0.2) is 71.5 Å². The Bertz CT molecular complexity index is 1090. The minimum Gasteiger partial charge on any atom is -0.336 e. The number of ketones is 2. The van der Waals surface area contributed by atoms with Crippen molar-refractivity contribution in [2.24, 2.45) is 11.8 Å². The predicted octanol–water partition coefficient (Wildman–Crippen LogP) is 5.30. The number of carbonyl (C=O) groups is 2. The van der Waals surface area contributed by atoms with Gasteiger partial charge in [0.1, 0.15) is 0 Å². The normalized spacial score (nSPS) is 26.4. The molecule has 0 aromatic carbocycles. The van der Waals surface area contributed by atoms with E-state index in [1.807, 2.05) is 48.5 Å². The molecule has 0 aromatic heterocycles. The Morgan fingerprint density at radius 3 is 2.50 bits per heavy atom. The number of hydrogen-bond donors (Lipinski definition) is 0. The zero-order valence-corrected chi connectivity index (χ0v) is 17.0. The van der Waals surface area contributed by atoms with Crippen LogP contribution in [0, 0.1) is 11.8 Å². The van der Waals surface area contributed by atoms with Gasteiger partial charge in [-0.2, -0.15) is 4.89 Å². The number of carbonyl (C=O) groups excluding carboxylic acids is 2. The molecule has 0 heterocycles. The molecule has 0 aliphatic heterocycles. The molecule has 0 amide bonds. The number of rotatable bonds is 3. The molecule has 1 fully saturated rings. The second-order valence-corrected chi connectivity index (χ2v) is 8.24. The van der Waals surface area contributed by atoms with Gasteiger partial charge in [0.25, 0.3) is 0 Å². The Balaban J connectivity index is 1.70. The van der Waals surface area contributed by atoms with Crippen molar-refractivity contribution < 1.29 is 19.4 Å². The fourth-order valence-corrected chi connectivity index (χ4v) is 5.24. The van der Waals surface area contributed by atoms with E-state index in [4.69, 9.17) is 9.78 Å². The first-order valence-electron chi connectivity index (χ1n) is 10.7. The van der Waals surface area contributed by atoms with Crippen LogP contribution in [0.5, 0.6) is 0 Å². The van der Waals surface area contributed by atoms with Gasteiger partial charge in [-0.15, -0.1) is 0 Å². The molecule has 5 aliphatic carbocycles. The molecule has 0 bridgehead atoms. The Hall–Kier alpha value is -2.98. The molecule has 0 radical (unpaired) electrons. The molecule has 5 rings (SSSR count). The summed E-state index contributed by atoms with van der Waals surface area (Å²) >= 11 is 0. The van der Waals surface area contributed by atoms with Crippen LogP contribution in [0.3, 0.4) is 0 Å². The highest BCUT2D eigenvalue weighted by Gasteiger charge is 2.44. The summed E-state index contributed by atoms with van der Waals surface area (Å²) in [5, 5.41) is 0. The first-order valence-corrected chi connectivity index (χ1v) is 10.7. The Morgan fingerprint density at radius 1 is 0.833 bits per heavy atom. The molecular formula is C26H24O4. The average molecular weight is 400 g/mol. The van der Waals surface area contributed by atoms with Gasteiger partial charge in [0.05, 0.1) is 18.3 Å². The van der Waals surface area contributed by atoms with Gasteiger partial charge in [-0.05, 0) is 46.9 Å². The van der Waals surface area contributed by atoms with E-state index in [0.29, 0.717) is 22.6 Å². The van der Waals surface area contributed by atoms with Gasteiger partial charge in [-0.1, -0.05) is 73.9 Å². The Kier molecular flexibility index (Phi) is 4.87. The fraction of sp³-hybridized carbons (Fsp3) is 0.308. The topological polar surface area (TPSA) is 52.6 Å². The van der Waals surface area contributed by atoms with Gasteiger partial charge >= 0.3 is 0 Å². The lowest BCUT2D eigenvalue weighted by Gasteiger charge is -2.19. The Morgan fingerprint density at radius 2 is 1.63 bits per heavy atom. The summed E-state index contributed by atoms with van der Waals surface area (Å²) in [7, 11) is 1.40. The van der Waals surface area contributed by atoms with Gasteiger partial charge in [0.15, 0.2) is 5.76 Å². The maximum absolute atomic E-state index is 13.2. The van der Waals surface area contributed by atoms with E-state index in [2.05, 4.69) is 6.08 Å². The van der Waals surface area contributed by atoms with Crippen molar-refractivity contribution in [1.82, 2.24) is 0 Å². The highest BCUT2D eigenvalue weighted by molar-refractivity contribution is 6.63. The van der Waals surface area contributed by atoms with E-state index in [-0.39, 0.29) is 11.7 Å². The fourth-order valence-electron chi connectivity index (χ4n) is 5.24. The average Bonchev–Trinajstić information content (AvgIpc) is 3.22. The van der Waals surface area contributed by atoms with Gasteiger partial charge < -0.3 is 4.89 Å². The van der Waals surface area contributed by atoms with Crippen molar-refractivity contribution in [3.05, 3.63) is 77.1 Å². The van der Waals surface area contributed by atoms with Crippen molar-refractivity contribution in [2.75, 3.05) is 7.11 Å². The third kappa shape index (κ3) is 2.94. The molecule has 0 aromatic rings. The van der Waals surface area contributed by atoms with Crippen LogP contribution < -0.4 is 0 Å². The summed E-state index contributed by atoms with van der Waals surface area (Å²) in [6.07, 6.45) is 9.96. The van der Waals surface area contributed by atoms with Crippen LogP contribution in [-0.2, 0) is 19.4 Å². The molecule has 0 N–H and O–H groups in total. The van der Waals surface area contributed by atoms with E-state index >= 15 is 0 Å². The van der Waals surface area contributed by atoms with Crippen molar-refractivity contribution in [2.45, 2.75) is 32.1 Å². The molecule has 4 heteroatoms. The quantitative estimate of drug-likeness (QED) is 0.304. The highest BCUT2D eigenvalue weighted by atomic mass is 17.2. The summed E-state index contributed by atoms with van der Waals surface area (Å²) in [5.74, 6) is -0.0471. The minimum atomic E-state index is -0.519. The molecule has 0 spiro atoms. The van der Waals surface area contributed by atoms with E-state index in [1.165, 1.54) is 20.0 Å². The molecule has 30 heavy (non-hydrogen) atoms. The third-order valence-corrected chi connectivity index (χ3v) is 6.62. The zero-order chi connectivity index (χ0) is 20.7. The smallest absolute Gasteiger partial charge is 0.238 e. The monoisotopic (exact) mass is 400 g/mol. The number of fused-ring (bicyclic) bond motifs is 2. The lowest BCUT2D eigenvalue weighted by atomic mass is 9.85. The van der Waals surface area contributed by atoms with Gasteiger partial charge in [0.2, 0.25) is 11.6 Å². The summed E-state index contributed by atoms with van der Waals surface area (Å²) in [5.41, 5.74) is 4.25. The van der Waals surface area contributed by atoms with Crippen LogP contribution in [-0.4, -0.2) is 18.7 Å². The second-order valence-electron chi connectivity index (χ2n) is 8.24. The summed E-state index contributed by atoms with van der Waals surface area (Å²) < 4.78 is 0. The van der Waals surface area contributed by atoms with E-state index in [0.717, 1.165) is 36.0 Å². The van der Waals surface area contributed by atoms with Crippen molar-refractivity contribution in [1.29, 1.82) is 0 Å². The van der Waals surface area contributed by atoms with Crippen LogP contribution >= 0.6 is 0 Å². The lowest BCUT2D eigenvalue weighted by Crippen LogP contribution is -2.15. The van der Waals surface area contributed by atoms with Gasteiger partial charge in [-0.25, -0.2) is 0 Å². The molecule has 1 saturated carbocycles. The van der Waals surface area contributed by atoms with Gasteiger partial charge in [-0.3, -0.25) is 9.59 Å². The SMILES string of the molecule is COOC1=C(c2ccc3cccccc2-3)C(=O)C(=O)/C1=C1\C=CC2CCCCCC12. The lowest BCUT2D eigenvalue weighted by molar-refractivity contribution is -0.233. The second kappa shape index (κ2) is 7.69. The summed E-state index contributed by atoms with van der Waals surface area (Å²) in [6.45, 7) is 0. The largest absolute Gasteiger partial charge is 0.336 e. The van der Waals surface area contributed by atoms with Crippen molar-refractivity contribution >= 4 is 17.1 Å². The Labute approximate surface area is 176 Å². The summed E-state index contributed by atoms with van der Waals surface area (Å²) in [4.78, 5) is 37.0. The van der Waals surface area contributed by atoms with E-state index in [9.17, 15) is 9.59 Å². The molecule has 2 unspecified atom stereocenters. The molecule has 152 valence electrons. The van der Waals surface area contributed by atoms with Crippen LogP contribution in [0.25, 0.3) is 16.7 Å².